The number of hydrogen-bond acceptors (Lipinski definition) is 12. The lowest BCUT2D eigenvalue weighted by atomic mass is 10.1. The molecule has 18 heteroatoms. The van der Waals surface area contributed by atoms with Gasteiger partial charge in [0.15, 0.2) is 12.5 Å². The van der Waals surface area contributed by atoms with Crippen LogP contribution < -0.4 is 0 Å². The minimum Gasteiger partial charge on any atom is -0.450 e. The van der Waals surface area contributed by atoms with Gasteiger partial charge in [0.25, 0.3) is 11.4 Å². The van der Waals surface area contributed by atoms with Crippen molar-refractivity contribution in [1.29, 1.82) is 0 Å². The quantitative estimate of drug-likeness (QED) is 0.0985. The molecule has 2 N–H and O–H groups in total. The van der Waals surface area contributed by atoms with Crippen LogP contribution in [0.2, 0.25) is 0 Å². The van der Waals surface area contributed by atoms with Gasteiger partial charge < -0.3 is 19.7 Å². The molecule has 2 aromatic carbocycles. The minimum absolute atomic E-state index is 0.0918. The van der Waals surface area contributed by atoms with Crippen molar-refractivity contribution in [2.24, 2.45) is 0 Å². The normalized spacial score (nSPS) is 20.5. The lowest BCUT2D eigenvalue weighted by Crippen LogP contribution is -2.40. The van der Waals surface area contributed by atoms with Crippen molar-refractivity contribution < 1.29 is 48.7 Å². The number of carboxylic acid groups (broad SMARTS) is 2. The second-order valence-corrected chi connectivity index (χ2v) is 12.8. The average Bonchev–Trinajstić information content (AvgIpc) is 3.64. The number of thioether (sulfide) groups is 2. The van der Waals surface area contributed by atoms with Gasteiger partial charge in [-0.25, -0.2) is 9.59 Å². The highest BCUT2D eigenvalue weighted by atomic mass is 32.2. The van der Waals surface area contributed by atoms with Crippen molar-refractivity contribution in [1.82, 2.24) is 9.80 Å². The van der Waals surface area contributed by atoms with Crippen molar-refractivity contribution >= 4 is 59.0 Å². The van der Waals surface area contributed by atoms with Crippen LogP contribution in [0.3, 0.4) is 0 Å². The highest BCUT2D eigenvalue weighted by Crippen LogP contribution is 2.44. The zero-order chi connectivity index (χ0) is 34.1. The first-order chi connectivity index (χ1) is 22.5. The molecule has 2 unspecified atom stereocenters. The van der Waals surface area contributed by atoms with Crippen LogP contribution in [-0.2, 0) is 19.1 Å². The van der Waals surface area contributed by atoms with Crippen molar-refractivity contribution in [2.45, 2.75) is 68.1 Å². The Kier molecular flexibility index (Phi) is 12.2. The molecule has 0 spiro atoms. The molecule has 0 bridgehead atoms. The predicted octanol–water partition coefficient (Wildman–Crippen LogP) is 6.12. The summed E-state index contributed by atoms with van der Waals surface area (Å²) in [6.07, 6.45) is -2.07. The Balaban J connectivity index is 1.28. The molecule has 2 fully saturated rings. The van der Waals surface area contributed by atoms with Crippen molar-refractivity contribution in [3.8, 4) is 0 Å². The number of amides is 2. The molecule has 0 saturated carbocycles. The van der Waals surface area contributed by atoms with Gasteiger partial charge in [-0.1, -0.05) is 43.5 Å². The third-order valence-corrected chi connectivity index (χ3v) is 10.1. The highest BCUT2D eigenvalue weighted by Gasteiger charge is 2.42. The summed E-state index contributed by atoms with van der Waals surface area (Å²) in [4.78, 5) is 73.0. The summed E-state index contributed by atoms with van der Waals surface area (Å²) < 4.78 is 9.87. The van der Waals surface area contributed by atoms with Crippen LogP contribution in [0.25, 0.3) is 0 Å². The number of nitrogens with zero attached hydrogens (tertiary/aromatic N) is 4. The number of unbranched alkanes of at least 4 members (excludes halogenated alkanes) is 4. The van der Waals surface area contributed by atoms with E-state index in [2.05, 4.69) is 0 Å². The van der Waals surface area contributed by atoms with E-state index in [0.717, 1.165) is 0 Å². The number of ether oxygens (including phenoxy) is 2. The maximum Gasteiger partial charge on any atom is 0.507 e. The van der Waals surface area contributed by atoms with Gasteiger partial charge in [-0.3, -0.25) is 39.6 Å². The minimum atomic E-state index is -1.53. The average molecular weight is 693 g/mol. The highest BCUT2D eigenvalue weighted by molar-refractivity contribution is 8.00. The molecule has 2 amide bonds. The van der Waals surface area contributed by atoms with Crippen LogP contribution in [0.15, 0.2) is 48.5 Å². The lowest BCUT2D eigenvalue weighted by molar-refractivity contribution is -0.385. The number of carbonyl (C=O) groups excluding carboxylic acids is 2. The summed E-state index contributed by atoms with van der Waals surface area (Å²) in [5, 5.41) is 39.5. The SMILES string of the molecule is O=C(O)O[C@@H]1CSC(c2cccc([N+](=O)[O-])c2)N1C(=O)CCCCCCCC(=O)N1C(c2cccc([N+](=O)[O-])c2)SC[C@H]1OC(=O)O. The van der Waals surface area contributed by atoms with E-state index in [-0.39, 0.29) is 47.5 Å². The predicted molar refractivity (Wildman–Crippen MR) is 168 cm³/mol. The van der Waals surface area contributed by atoms with E-state index in [0.29, 0.717) is 43.2 Å². The van der Waals surface area contributed by atoms with E-state index in [1.54, 1.807) is 12.1 Å². The van der Waals surface area contributed by atoms with Crippen molar-refractivity contribution in [3.63, 3.8) is 0 Å². The van der Waals surface area contributed by atoms with Crippen LogP contribution in [0.5, 0.6) is 0 Å². The molecule has 47 heavy (non-hydrogen) atoms. The van der Waals surface area contributed by atoms with Gasteiger partial charge in [-0.2, -0.15) is 0 Å². The van der Waals surface area contributed by atoms with E-state index >= 15 is 0 Å². The number of nitro groups is 2. The van der Waals surface area contributed by atoms with Gasteiger partial charge in [0.1, 0.15) is 10.7 Å². The van der Waals surface area contributed by atoms with E-state index < -0.39 is 45.4 Å². The summed E-state index contributed by atoms with van der Waals surface area (Å²) in [6, 6.07) is 11.6. The molecule has 0 radical (unpaired) electrons. The van der Waals surface area contributed by atoms with Gasteiger partial charge in [0.2, 0.25) is 11.8 Å². The summed E-state index contributed by atoms with van der Waals surface area (Å²) >= 11 is 2.51. The van der Waals surface area contributed by atoms with Crippen molar-refractivity contribution in [3.05, 3.63) is 79.9 Å². The molecule has 2 aliphatic rings. The summed E-state index contributed by atoms with van der Waals surface area (Å²) in [5.74, 6) is -0.350. The molecule has 4 rings (SSSR count). The second kappa shape index (κ2) is 16.3. The zero-order valence-electron chi connectivity index (χ0n) is 24.9. The van der Waals surface area contributed by atoms with E-state index in [1.165, 1.54) is 69.7 Å². The van der Waals surface area contributed by atoms with Gasteiger partial charge >= 0.3 is 12.3 Å². The summed E-state index contributed by atoms with van der Waals surface area (Å²) in [7, 11) is 0. The lowest BCUT2D eigenvalue weighted by Gasteiger charge is -2.28. The standard InChI is InChI=1S/C29H32N4O12S2/c34-22(30-24(44-28(36)37)16-46-26(30)18-8-6-10-20(14-18)32(40)41)12-4-2-1-3-5-13-23(35)31-25(45-29(38)39)17-47-27(31)19-9-7-11-21(15-19)33(42)43/h6-11,14-15,24-27H,1-5,12-13,16-17H2,(H,36,37)(H,38,39)/t24-,25-,26?,27?/m1/s1. The molecule has 2 heterocycles. The van der Waals surface area contributed by atoms with Crippen LogP contribution in [0, 0.1) is 20.2 Å². The fraction of sp³-hybridized carbons (Fsp3) is 0.448. The molecule has 2 saturated heterocycles. The molecule has 16 nitrogen and oxygen atoms in total. The largest absolute Gasteiger partial charge is 0.507 e. The molecule has 0 aromatic heterocycles. The first-order valence-electron chi connectivity index (χ1n) is 14.6. The van der Waals surface area contributed by atoms with E-state index in [4.69, 9.17) is 19.7 Å². The molecular weight excluding hydrogens is 660 g/mol. The fourth-order valence-corrected chi connectivity index (χ4v) is 8.06. The third kappa shape index (κ3) is 9.25. The number of nitro benzene ring substituents is 2. The monoisotopic (exact) mass is 692 g/mol. The summed E-state index contributed by atoms with van der Waals surface area (Å²) in [6.45, 7) is 0. The maximum atomic E-state index is 13.2. The Morgan fingerprint density at radius 2 is 1.09 bits per heavy atom. The summed E-state index contributed by atoms with van der Waals surface area (Å²) in [5.41, 5.74) is 0.673. The zero-order valence-corrected chi connectivity index (χ0v) is 26.5. The number of non-ortho nitro benzene ring substituents is 2. The molecule has 4 atom stereocenters. The Hall–Kier alpha value is -4.58. The Morgan fingerprint density at radius 3 is 1.45 bits per heavy atom. The van der Waals surface area contributed by atoms with Gasteiger partial charge in [-0.05, 0) is 24.0 Å². The van der Waals surface area contributed by atoms with Crippen LogP contribution in [0.1, 0.15) is 66.8 Å². The topological polar surface area (TPSA) is 220 Å². The second-order valence-electron chi connectivity index (χ2n) is 10.6. The maximum absolute atomic E-state index is 13.2. The first kappa shape index (κ1) is 35.3. The van der Waals surface area contributed by atoms with Gasteiger partial charge in [0.05, 0.1) is 21.4 Å². The molecule has 0 aliphatic carbocycles. The number of carbonyl (C=O) groups is 4. The molecule has 2 aliphatic heterocycles. The Morgan fingerprint density at radius 1 is 0.702 bits per heavy atom. The van der Waals surface area contributed by atoms with Gasteiger partial charge in [0, 0.05) is 37.1 Å². The molecule has 2 aromatic rings. The number of benzene rings is 2. The Bertz CT molecular complexity index is 1400. The van der Waals surface area contributed by atoms with Crippen LogP contribution in [-0.4, -0.2) is 77.9 Å². The third-order valence-electron chi connectivity index (χ3n) is 7.48. The van der Waals surface area contributed by atoms with Crippen LogP contribution >= 0.6 is 23.5 Å². The van der Waals surface area contributed by atoms with Gasteiger partial charge in [-0.15, -0.1) is 23.5 Å². The molecular formula is C29H32N4O12S2. The van der Waals surface area contributed by atoms with E-state index in [1.807, 2.05) is 0 Å². The fourth-order valence-electron chi connectivity index (χ4n) is 5.41. The van der Waals surface area contributed by atoms with E-state index in [9.17, 15) is 39.4 Å². The number of rotatable bonds is 14. The Labute approximate surface area is 276 Å². The molecule has 252 valence electrons. The first-order valence-corrected chi connectivity index (χ1v) is 16.7. The number of hydrogen-bond donors (Lipinski definition) is 2. The van der Waals surface area contributed by atoms with Crippen LogP contribution in [0.4, 0.5) is 21.0 Å². The smallest absolute Gasteiger partial charge is 0.450 e. The van der Waals surface area contributed by atoms with Crippen molar-refractivity contribution in [2.75, 3.05) is 11.5 Å².